The Morgan fingerprint density at radius 3 is 2.80 bits per heavy atom. The minimum absolute atomic E-state index is 0.0256. The molecule has 1 aliphatic carbocycles. The van der Waals surface area contributed by atoms with Crippen LogP contribution in [0.2, 0.25) is 0 Å². The van der Waals surface area contributed by atoms with Crippen LogP contribution in [0, 0.1) is 5.92 Å². The van der Waals surface area contributed by atoms with Crippen molar-refractivity contribution < 1.29 is 14.3 Å². The molecule has 2 rings (SSSR count). The molecule has 1 aliphatic rings. The van der Waals surface area contributed by atoms with Crippen molar-refractivity contribution in [2.45, 2.75) is 44.6 Å². The monoisotopic (exact) mass is 279 g/mol. The number of carbonyl (C=O) groups excluding carboxylic acids is 2. The lowest BCUT2D eigenvalue weighted by Gasteiger charge is -2.23. The molecule has 1 saturated carbocycles. The highest BCUT2D eigenvalue weighted by molar-refractivity contribution is 5.85. The van der Waals surface area contributed by atoms with Crippen molar-refractivity contribution in [3.8, 4) is 0 Å². The largest absolute Gasteiger partial charge is 0.467 e. The van der Waals surface area contributed by atoms with Gasteiger partial charge < -0.3 is 15.0 Å². The molecule has 0 bridgehead atoms. The fraction of sp³-hybridized carbons (Fsp3) is 0.643. The minimum Gasteiger partial charge on any atom is -0.467 e. The Hall–Kier alpha value is -1.85. The molecule has 6 nitrogen and oxygen atoms in total. The molecule has 0 saturated heterocycles. The lowest BCUT2D eigenvalue weighted by Crippen LogP contribution is -2.45. The number of ether oxygens (including phenoxy) is 1. The van der Waals surface area contributed by atoms with Crippen LogP contribution < -0.4 is 5.32 Å². The first-order valence-corrected chi connectivity index (χ1v) is 7.06. The van der Waals surface area contributed by atoms with E-state index in [4.69, 9.17) is 4.74 Å². The van der Waals surface area contributed by atoms with Gasteiger partial charge in [0.25, 0.3) is 0 Å². The average Bonchev–Trinajstić information content (AvgIpc) is 2.99. The molecule has 2 N–H and O–H groups in total. The second kappa shape index (κ2) is 7.07. The quantitative estimate of drug-likeness (QED) is 0.793. The van der Waals surface area contributed by atoms with Crippen LogP contribution in [-0.4, -0.2) is 35.0 Å². The predicted molar refractivity (Wildman–Crippen MR) is 72.8 cm³/mol. The lowest BCUT2D eigenvalue weighted by atomic mass is 9.88. The van der Waals surface area contributed by atoms with Gasteiger partial charge in [-0.25, -0.2) is 9.78 Å². The first-order chi connectivity index (χ1) is 9.70. The van der Waals surface area contributed by atoms with Crippen LogP contribution in [0.4, 0.5) is 0 Å². The Morgan fingerprint density at radius 2 is 2.20 bits per heavy atom. The maximum Gasteiger partial charge on any atom is 0.328 e. The van der Waals surface area contributed by atoms with E-state index < -0.39 is 12.0 Å². The van der Waals surface area contributed by atoms with Gasteiger partial charge in [-0.3, -0.25) is 4.79 Å². The summed E-state index contributed by atoms with van der Waals surface area (Å²) in [5, 5.41) is 2.81. The van der Waals surface area contributed by atoms with E-state index in [9.17, 15) is 9.59 Å². The molecule has 0 aromatic carbocycles. The van der Waals surface area contributed by atoms with Crippen LogP contribution in [-0.2, 0) is 20.7 Å². The Morgan fingerprint density at radius 1 is 1.45 bits per heavy atom. The van der Waals surface area contributed by atoms with Crippen LogP contribution in [0.15, 0.2) is 12.5 Å². The molecular weight excluding hydrogens is 258 g/mol. The molecule has 0 aliphatic heterocycles. The number of imidazole rings is 1. The Bertz CT molecular complexity index is 439. The number of hydrogen-bond donors (Lipinski definition) is 2. The number of nitrogens with one attached hydrogen (secondary N) is 2. The van der Waals surface area contributed by atoms with Crippen molar-refractivity contribution in [3.05, 3.63) is 18.2 Å². The zero-order valence-corrected chi connectivity index (χ0v) is 11.7. The molecular formula is C14H21N3O3. The van der Waals surface area contributed by atoms with Crippen LogP contribution in [0.25, 0.3) is 0 Å². The molecule has 1 heterocycles. The SMILES string of the molecule is COC(=O)C(Cc1cnc[nH]1)NC(=O)C1CCCCC1. The number of esters is 1. The molecule has 0 radical (unpaired) electrons. The minimum atomic E-state index is -0.658. The number of aromatic nitrogens is 2. The molecule has 6 heteroatoms. The second-order valence-corrected chi connectivity index (χ2v) is 5.20. The molecule has 110 valence electrons. The topological polar surface area (TPSA) is 84.1 Å². The van der Waals surface area contributed by atoms with Gasteiger partial charge in [0, 0.05) is 24.2 Å². The van der Waals surface area contributed by atoms with E-state index in [1.165, 1.54) is 13.5 Å². The van der Waals surface area contributed by atoms with E-state index >= 15 is 0 Å². The summed E-state index contributed by atoms with van der Waals surface area (Å²) < 4.78 is 4.76. The predicted octanol–water partition coefficient (Wildman–Crippen LogP) is 1.19. The van der Waals surface area contributed by atoms with E-state index in [2.05, 4.69) is 15.3 Å². The van der Waals surface area contributed by atoms with E-state index in [1.807, 2.05) is 0 Å². The number of carbonyl (C=O) groups is 2. The fourth-order valence-electron chi connectivity index (χ4n) is 2.61. The van der Waals surface area contributed by atoms with Crippen molar-refractivity contribution in [1.82, 2.24) is 15.3 Å². The van der Waals surface area contributed by atoms with Gasteiger partial charge in [0.15, 0.2) is 0 Å². The first kappa shape index (κ1) is 14.6. The van der Waals surface area contributed by atoms with Gasteiger partial charge in [0.05, 0.1) is 13.4 Å². The third kappa shape index (κ3) is 3.82. The highest BCUT2D eigenvalue weighted by atomic mass is 16.5. The van der Waals surface area contributed by atoms with Gasteiger partial charge in [-0.1, -0.05) is 19.3 Å². The number of amides is 1. The zero-order valence-electron chi connectivity index (χ0n) is 11.7. The van der Waals surface area contributed by atoms with Gasteiger partial charge in [-0.2, -0.15) is 0 Å². The van der Waals surface area contributed by atoms with E-state index in [1.54, 1.807) is 12.5 Å². The summed E-state index contributed by atoms with van der Waals surface area (Å²) in [7, 11) is 1.33. The van der Waals surface area contributed by atoms with Gasteiger partial charge in [-0.05, 0) is 12.8 Å². The summed E-state index contributed by atoms with van der Waals surface area (Å²) in [6.45, 7) is 0. The normalized spacial score (nSPS) is 17.4. The summed E-state index contributed by atoms with van der Waals surface area (Å²) in [5.41, 5.74) is 0.796. The van der Waals surface area contributed by atoms with Crippen molar-refractivity contribution in [2.75, 3.05) is 7.11 Å². The zero-order chi connectivity index (χ0) is 14.4. The van der Waals surface area contributed by atoms with Gasteiger partial charge in [-0.15, -0.1) is 0 Å². The molecule has 1 fully saturated rings. The number of aromatic amines is 1. The average molecular weight is 279 g/mol. The van der Waals surface area contributed by atoms with Gasteiger partial charge >= 0.3 is 5.97 Å². The van der Waals surface area contributed by atoms with Crippen molar-refractivity contribution in [2.24, 2.45) is 5.92 Å². The summed E-state index contributed by atoms with van der Waals surface area (Å²) in [5.74, 6) is -0.443. The summed E-state index contributed by atoms with van der Waals surface area (Å²) in [4.78, 5) is 30.8. The van der Waals surface area contributed by atoms with Crippen LogP contribution in [0.5, 0.6) is 0 Å². The third-order valence-corrected chi connectivity index (χ3v) is 3.76. The second-order valence-electron chi connectivity index (χ2n) is 5.20. The number of nitrogens with zero attached hydrogens (tertiary/aromatic N) is 1. The van der Waals surface area contributed by atoms with Crippen molar-refractivity contribution >= 4 is 11.9 Å². The lowest BCUT2D eigenvalue weighted by molar-refractivity contribution is -0.145. The highest BCUT2D eigenvalue weighted by Gasteiger charge is 2.27. The van der Waals surface area contributed by atoms with E-state index in [0.29, 0.717) is 6.42 Å². The molecule has 1 amide bonds. The van der Waals surface area contributed by atoms with E-state index in [-0.39, 0.29) is 11.8 Å². The summed E-state index contributed by atoms with van der Waals surface area (Å²) >= 11 is 0. The Balaban J connectivity index is 1.96. The number of H-pyrrole nitrogens is 1. The van der Waals surface area contributed by atoms with Crippen molar-refractivity contribution in [3.63, 3.8) is 0 Å². The fourth-order valence-corrected chi connectivity index (χ4v) is 2.61. The molecule has 1 unspecified atom stereocenters. The number of hydrogen-bond acceptors (Lipinski definition) is 4. The molecule has 20 heavy (non-hydrogen) atoms. The summed E-state index contributed by atoms with van der Waals surface area (Å²) in [6, 6.07) is -0.658. The van der Waals surface area contributed by atoms with Crippen molar-refractivity contribution in [1.29, 1.82) is 0 Å². The van der Waals surface area contributed by atoms with Crippen LogP contribution in [0.3, 0.4) is 0 Å². The Labute approximate surface area is 118 Å². The smallest absolute Gasteiger partial charge is 0.328 e. The third-order valence-electron chi connectivity index (χ3n) is 3.76. The van der Waals surface area contributed by atoms with E-state index in [0.717, 1.165) is 31.4 Å². The van der Waals surface area contributed by atoms with Crippen LogP contribution in [0.1, 0.15) is 37.8 Å². The first-order valence-electron chi connectivity index (χ1n) is 7.06. The molecule has 1 aromatic rings. The molecule has 0 spiro atoms. The Kier molecular flexibility index (Phi) is 5.15. The van der Waals surface area contributed by atoms with Gasteiger partial charge in [0.1, 0.15) is 6.04 Å². The van der Waals surface area contributed by atoms with Crippen LogP contribution >= 0.6 is 0 Å². The maximum atomic E-state index is 12.2. The number of rotatable bonds is 5. The summed E-state index contributed by atoms with van der Waals surface area (Å²) in [6.07, 6.45) is 8.73. The standard InChI is InChI=1S/C14H21N3O3/c1-20-14(19)12(7-11-8-15-9-16-11)17-13(18)10-5-3-2-4-6-10/h8-10,12H,2-7H2,1H3,(H,15,16)(H,17,18). The van der Waals surface area contributed by atoms with Gasteiger partial charge in [0.2, 0.25) is 5.91 Å². The number of methoxy groups -OCH3 is 1. The molecule has 1 atom stereocenters. The highest BCUT2D eigenvalue weighted by Crippen LogP contribution is 2.23. The maximum absolute atomic E-state index is 12.2. The molecule has 1 aromatic heterocycles.